The van der Waals surface area contributed by atoms with Crippen molar-refractivity contribution < 1.29 is 23.2 Å². The zero-order chi connectivity index (χ0) is 24.9. The largest absolute Gasteiger partial charge is 0.299 e. The first-order valence-electron chi connectivity index (χ1n) is 11.3. The highest BCUT2D eigenvalue weighted by molar-refractivity contribution is 5.79. The lowest BCUT2D eigenvalue weighted by Crippen LogP contribution is -2.49. The van der Waals surface area contributed by atoms with Gasteiger partial charge in [-0.2, -0.15) is 0 Å². The highest BCUT2D eigenvalue weighted by atomic mass is 19.1. The Balaban J connectivity index is 1.65. The van der Waals surface area contributed by atoms with E-state index in [0.29, 0.717) is 24.3 Å². The minimum Gasteiger partial charge on any atom is -0.299 e. The van der Waals surface area contributed by atoms with Crippen molar-refractivity contribution in [3.63, 3.8) is 0 Å². The molecule has 3 rings (SSSR count). The van der Waals surface area contributed by atoms with Crippen molar-refractivity contribution in [2.24, 2.45) is 0 Å². The lowest BCUT2D eigenvalue weighted by molar-refractivity contribution is -0.245. The summed E-state index contributed by atoms with van der Waals surface area (Å²) in [6.45, 7) is 9.18. The van der Waals surface area contributed by atoms with Crippen molar-refractivity contribution >= 4 is 23.7 Å². The third kappa shape index (κ3) is 7.23. The van der Waals surface area contributed by atoms with Crippen LogP contribution >= 0.6 is 0 Å². The van der Waals surface area contributed by atoms with E-state index in [1.807, 2.05) is 20.8 Å². The normalized spacial score (nSPS) is 15.1. The summed E-state index contributed by atoms with van der Waals surface area (Å²) >= 11 is 0. The second-order valence-corrected chi connectivity index (χ2v) is 9.47. The standard InChI is InChI=1S/C25H32F2N4O3/c1-18(33)31(34-25(2,3)4)23-9-11-29(12-10-23)16-19-13-21(27)15-24(14-19)30(17-32)28-22-7-5-20(26)6-8-22/h5-8,13-15,17,23,28H,9-12,16H2,1-4H3. The molecule has 2 aromatic carbocycles. The fraction of sp³-hybridized carbons (Fsp3) is 0.440. The average molecular weight is 475 g/mol. The number of carbonyl (C=O) groups excluding carboxylic acids is 2. The third-order valence-corrected chi connectivity index (χ3v) is 5.40. The van der Waals surface area contributed by atoms with Gasteiger partial charge in [-0.15, -0.1) is 0 Å². The SMILES string of the molecule is CC(=O)N(OC(C)(C)C)C1CCN(Cc2cc(F)cc(N(C=O)Nc3ccc(F)cc3)c2)CC1. The Bertz CT molecular complexity index is 987. The molecule has 184 valence electrons. The molecule has 1 saturated heterocycles. The van der Waals surface area contributed by atoms with Gasteiger partial charge >= 0.3 is 0 Å². The minimum atomic E-state index is -0.465. The molecular formula is C25H32F2N4O3. The highest BCUT2D eigenvalue weighted by Gasteiger charge is 2.30. The Kier molecular flexibility index (Phi) is 8.22. The zero-order valence-electron chi connectivity index (χ0n) is 20.1. The molecule has 2 amide bonds. The number of carbonyl (C=O) groups is 2. The molecule has 1 aliphatic rings. The molecule has 1 heterocycles. The van der Waals surface area contributed by atoms with Gasteiger partial charge in [0.25, 0.3) is 0 Å². The van der Waals surface area contributed by atoms with Gasteiger partial charge in [-0.05, 0) is 81.6 Å². The van der Waals surface area contributed by atoms with E-state index in [1.54, 1.807) is 6.07 Å². The van der Waals surface area contributed by atoms with Crippen molar-refractivity contribution in [1.82, 2.24) is 9.96 Å². The van der Waals surface area contributed by atoms with Gasteiger partial charge in [-0.3, -0.25) is 24.8 Å². The van der Waals surface area contributed by atoms with Crippen LogP contribution in [0.25, 0.3) is 0 Å². The summed E-state index contributed by atoms with van der Waals surface area (Å²) in [6, 6.07) is 9.95. The van der Waals surface area contributed by atoms with Gasteiger partial charge < -0.3 is 0 Å². The van der Waals surface area contributed by atoms with E-state index >= 15 is 0 Å². The number of hydroxylamine groups is 2. The summed E-state index contributed by atoms with van der Waals surface area (Å²) in [5.74, 6) is -0.973. The number of likely N-dealkylation sites (tertiary alicyclic amines) is 1. The summed E-state index contributed by atoms with van der Waals surface area (Å²) < 4.78 is 27.5. The lowest BCUT2D eigenvalue weighted by Gasteiger charge is -2.39. The summed E-state index contributed by atoms with van der Waals surface area (Å²) in [4.78, 5) is 31.8. The van der Waals surface area contributed by atoms with Crippen LogP contribution in [0.2, 0.25) is 0 Å². The quantitative estimate of drug-likeness (QED) is 0.451. The van der Waals surface area contributed by atoms with Gasteiger partial charge in [0.05, 0.1) is 23.0 Å². The van der Waals surface area contributed by atoms with Crippen LogP contribution in [0.4, 0.5) is 20.2 Å². The molecular weight excluding hydrogens is 442 g/mol. The summed E-state index contributed by atoms with van der Waals surface area (Å²) in [6.07, 6.45) is 2.02. The van der Waals surface area contributed by atoms with Crippen LogP contribution in [-0.2, 0) is 21.0 Å². The molecule has 0 bridgehead atoms. The molecule has 2 aromatic rings. The van der Waals surface area contributed by atoms with Crippen LogP contribution in [0.15, 0.2) is 42.5 Å². The topological polar surface area (TPSA) is 65.1 Å². The Morgan fingerprint density at radius 2 is 1.76 bits per heavy atom. The first kappa shape index (κ1) is 25.6. The maximum Gasteiger partial charge on any atom is 0.243 e. The fourth-order valence-corrected chi connectivity index (χ4v) is 3.94. The van der Waals surface area contributed by atoms with Gasteiger partial charge in [0, 0.05) is 26.6 Å². The maximum absolute atomic E-state index is 14.4. The summed E-state index contributed by atoms with van der Waals surface area (Å²) in [7, 11) is 0. The first-order valence-corrected chi connectivity index (χ1v) is 11.3. The Hall–Kier alpha value is -3.04. The molecule has 0 unspecified atom stereocenters. The molecule has 0 aliphatic carbocycles. The number of amides is 2. The van der Waals surface area contributed by atoms with Crippen LogP contribution in [0.1, 0.15) is 46.1 Å². The minimum absolute atomic E-state index is 0.0125. The first-order chi connectivity index (χ1) is 16.0. The molecule has 0 aromatic heterocycles. The Morgan fingerprint density at radius 3 is 2.32 bits per heavy atom. The van der Waals surface area contributed by atoms with Crippen molar-refractivity contribution in [2.45, 2.75) is 58.7 Å². The number of hydrogen-bond acceptors (Lipinski definition) is 5. The molecule has 34 heavy (non-hydrogen) atoms. The number of piperidine rings is 1. The molecule has 1 N–H and O–H groups in total. The number of nitrogens with zero attached hydrogens (tertiary/aromatic N) is 3. The van der Waals surface area contributed by atoms with Crippen molar-refractivity contribution in [1.29, 1.82) is 0 Å². The molecule has 0 spiro atoms. The van der Waals surface area contributed by atoms with E-state index in [-0.39, 0.29) is 11.9 Å². The van der Waals surface area contributed by atoms with Crippen molar-refractivity contribution in [2.75, 3.05) is 23.5 Å². The van der Waals surface area contributed by atoms with Crippen LogP contribution in [0.3, 0.4) is 0 Å². The summed E-state index contributed by atoms with van der Waals surface area (Å²) in [5, 5.41) is 2.64. The smallest absolute Gasteiger partial charge is 0.243 e. The number of nitrogens with one attached hydrogen (secondary N) is 1. The molecule has 1 fully saturated rings. The predicted octanol–water partition coefficient (Wildman–Crippen LogP) is 4.50. The lowest BCUT2D eigenvalue weighted by atomic mass is 10.0. The van der Waals surface area contributed by atoms with Gasteiger partial charge in [-0.1, -0.05) is 0 Å². The number of anilines is 2. The highest BCUT2D eigenvalue weighted by Crippen LogP contribution is 2.24. The molecule has 0 saturated carbocycles. The summed E-state index contributed by atoms with van der Waals surface area (Å²) in [5.41, 5.74) is 3.93. The number of benzene rings is 2. The van der Waals surface area contributed by atoms with E-state index in [1.165, 1.54) is 48.4 Å². The van der Waals surface area contributed by atoms with Crippen LogP contribution in [0.5, 0.6) is 0 Å². The van der Waals surface area contributed by atoms with Gasteiger partial charge in [0.1, 0.15) is 11.6 Å². The van der Waals surface area contributed by atoms with Crippen LogP contribution < -0.4 is 10.4 Å². The van der Waals surface area contributed by atoms with E-state index in [2.05, 4.69) is 10.3 Å². The van der Waals surface area contributed by atoms with Crippen LogP contribution in [-0.4, -0.2) is 47.0 Å². The second-order valence-electron chi connectivity index (χ2n) is 9.47. The van der Waals surface area contributed by atoms with E-state index < -0.39 is 17.2 Å². The molecule has 1 aliphatic heterocycles. The van der Waals surface area contributed by atoms with Gasteiger partial charge in [0.2, 0.25) is 12.3 Å². The number of hydrogen-bond donors (Lipinski definition) is 1. The predicted molar refractivity (Wildman–Crippen MR) is 127 cm³/mol. The molecule has 0 atom stereocenters. The van der Waals surface area contributed by atoms with Gasteiger partial charge in [-0.25, -0.2) is 18.9 Å². The molecule has 9 heteroatoms. The van der Waals surface area contributed by atoms with Crippen LogP contribution in [0, 0.1) is 11.6 Å². The Morgan fingerprint density at radius 1 is 1.12 bits per heavy atom. The number of hydrazine groups is 1. The monoisotopic (exact) mass is 474 g/mol. The van der Waals surface area contributed by atoms with E-state index in [4.69, 9.17) is 4.84 Å². The van der Waals surface area contributed by atoms with Crippen molar-refractivity contribution in [3.05, 3.63) is 59.7 Å². The number of halogens is 2. The van der Waals surface area contributed by atoms with Crippen molar-refractivity contribution in [3.8, 4) is 0 Å². The molecule has 7 nitrogen and oxygen atoms in total. The second kappa shape index (κ2) is 10.9. The van der Waals surface area contributed by atoms with Gasteiger partial charge in [0.15, 0.2) is 0 Å². The zero-order valence-corrected chi connectivity index (χ0v) is 20.1. The molecule has 0 radical (unpaired) electrons. The fourth-order valence-electron chi connectivity index (χ4n) is 3.94. The van der Waals surface area contributed by atoms with E-state index in [9.17, 15) is 18.4 Å². The Labute approximate surface area is 199 Å². The van der Waals surface area contributed by atoms with E-state index in [0.717, 1.165) is 36.5 Å². The average Bonchev–Trinajstić information content (AvgIpc) is 2.76. The third-order valence-electron chi connectivity index (χ3n) is 5.40. The number of rotatable bonds is 8. The maximum atomic E-state index is 14.4.